The molecule has 30 heavy (non-hydrogen) atoms. The number of benzene rings is 1. The highest BCUT2D eigenvalue weighted by Crippen LogP contribution is 2.31. The Morgan fingerprint density at radius 3 is 2.67 bits per heavy atom. The normalized spacial score (nSPS) is 17.6. The molecule has 0 unspecified atom stereocenters. The van der Waals surface area contributed by atoms with Crippen LogP contribution in [0.2, 0.25) is 0 Å². The van der Waals surface area contributed by atoms with Gasteiger partial charge in [-0.25, -0.2) is 17.8 Å². The molecular weight excluding hydrogens is 403 g/mol. The van der Waals surface area contributed by atoms with E-state index in [9.17, 15) is 12.8 Å². The molecule has 1 aliphatic rings. The van der Waals surface area contributed by atoms with Crippen molar-refractivity contribution in [3.8, 4) is 0 Å². The molecule has 2 aromatic heterocycles. The van der Waals surface area contributed by atoms with E-state index in [1.54, 1.807) is 6.20 Å². The van der Waals surface area contributed by atoms with Crippen LogP contribution < -0.4 is 5.32 Å². The van der Waals surface area contributed by atoms with Crippen molar-refractivity contribution in [1.82, 2.24) is 14.3 Å². The van der Waals surface area contributed by atoms with Crippen molar-refractivity contribution >= 4 is 21.5 Å². The number of rotatable bonds is 5. The average Bonchev–Trinajstić information content (AvgIpc) is 2.74. The summed E-state index contributed by atoms with van der Waals surface area (Å²) in [6.45, 7) is 2.71. The van der Waals surface area contributed by atoms with Crippen LogP contribution in [0.5, 0.6) is 0 Å². The van der Waals surface area contributed by atoms with Gasteiger partial charge in [-0.2, -0.15) is 4.31 Å². The molecule has 8 heteroatoms. The summed E-state index contributed by atoms with van der Waals surface area (Å²) in [5, 5.41) is 3.28. The Balaban J connectivity index is 1.56. The monoisotopic (exact) mass is 426 g/mol. The van der Waals surface area contributed by atoms with Crippen molar-refractivity contribution in [2.24, 2.45) is 0 Å². The van der Waals surface area contributed by atoms with Crippen LogP contribution in [0.15, 0.2) is 65.7 Å². The van der Waals surface area contributed by atoms with Gasteiger partial charge < -0.3 is 5.32 Å². The van der Waals surface area contributed by atoms with Gasteiger partial charge in [-0.05, 0) is 68.3 Å². The van der Waals surface area contributed by atoms with E-state index >= 15 is 0 Å². The smallest absolute Gasteiger partial charge is 0.243 e. The second-order valence-electron chi connectivity index (χ2n) is 7.42. The van der Waals surface area contributed by atoms with E-state index in [4.69, 9.17) is 0 Å². The number of pyridine rings is 2. The van der Waals surface area contributed by atoms with Crippen LogP contribution in [0, 0.1) is 12.7 Å². The SMILES string of the molecule is Cc1cc(Nc2ccccn2)cc([C@@H]2CCCN(S(=O)(=O)c3ccc(F)cc3)C2)n1. The Morgan fingerprint density at radius 2 is 1.93 bits per heavy atom. The fourth-order valence-electron chi connectivity index (χ4n) is 3.72. The van der Waals surface area contributed by atoms with Crippen LogP contribution in [0.25, 0.3) is 0 Å². The molecule has 156 valence electrons. The molecule has 1 saturated heterocycles. The Bertz CT molecular complexity index is 1120. The molecule has 6 nitrogen and oxygen atoms in total. The van der Waals surface area contributed by atoms with Gasteiger partial charge in [0.15, 0.2) is 0 Å². The van der Waals surface area contributed by atoms with Crippen molar-refractivity contribution in [1.29, 1.82) is 0 Å². The van der Waals surface area contributed by atoms with Gasteiger partial charge in [0.2, 0.25) is 10.0 Å². The van der Waals surface area contributed by atoms with Crippen molar-refractivity contribution in [2.75, 3.05) is 18.4 Å². The molecule has 1 aromatic carbocycles. The summed E-state index contributed by atoms with van der Waals surface area (Å²) in [6, 6.07) is 14.5. The lowest BCUT2D eigenvalue weighted by atomic mass is 9.95. The number of nitrogens with zero attached hydrogens (tertiary/aromatic N) is 3. The zero-order chi connectivity index (χ0) is 21.1. The minimum Gasteiger partial charge on any atom is -0.340 e. The number of halogens is 1. The van der Waals surface area contributed by atoms with Crippen LogP contribution in [-0.2, 0) is 10.0 Å². The average molecular weight is 427 g/mol. The molecule has 1 fully saturated rings. The van der Waals surface area contributed by atoms with Crippen molar-refractivity contribution in [2.45, 2.75) is 30.6 Å². The van der Waals surface area contributed by atoms with Gasteiger partial charge in [0.25, 0.3) is 0 Å². The number of sulfonamides is 1. The molecule has 0 amide bonds. The van der Waals surface area contributed by atoms with E-state index in [0.717, 1.165) is 35.7 Å². The minimum absolute atomic E-state index is 0.0156. The van der Waals surface area contributed by atoms with Crippen LogP contribution in [0.4, 0.5) is 15.9 Å². The second kappa shape index (κ2) is 8.49. The lowest BCUT2D eigenvalue weighted by Crippen LogP contribution is -2.39. The van der Waals surface area contributed by atoms with E-state index in [0.29, 0.717) is 13.1 Å². The minimum atomic E-state index is -3.68. The van der Waals surface area contributed by atoms with Gasteiger partial charge in [0.05, 0.1) is 4.90 Å². The second-order valence-corrected chi connectivity index (χ2v) is 9.36. The highest BCUT2D eigenvalue weighted by atomic mass is 32.2. The van der Waals surface area contributed by atoms with Crippen LogP contribution >= 0.6 is 0 Å². The predicted octanol–water partition coefficient (Wildman–Crippen LogP) is 4.24. The summed E-state index contributed by atoms with van der Waals surface area (Å²) in [5.74, 6) is 0.263. The largest absolute Gasteiger partial charge is 0.340 e. The summed E-state index contributed by atoms with van der Waals surface area (Å²) in [5.41, 5.74) is 2.58. The van der Waals surface area contributed by atoms with Gasteiger partial charge in [0.1, 0.15) is 11.6 Å². The third-order valence-corrected chi connectivity index (χ3v) is 7.04. The fraction of sp³-hybridized carbons (Fsp3) is 0.273. The summed E-state index contributed by atoms with van der Waals surface area (Å²) in [4.78, 5) is 9.06. The maximum absolute atomic E-state index is 13.2. The third-order valence-electron chi connectivity index (χ3n) is 5.16. The molecule has 0 bridgehead atoms. The zero-order valence-electron chi connectivity index (χ0n) is 16.6. The molecule has 0 saturated carbocycles. The first-order valence-corrected chi connectivity index (χ1v) is 11.3. The molecule has 1 aliphatic heterocycles. The highest BCUT2D eigenvalue weighted by molar-refractivity contribution is 7.89. The number of hydrogen-bond donors (Lipinski definition) is 1. The Morgan fingerprint density at radius 1 is 1.13 bits per heavy atom. The Kier molecular flexibility index (Phi) is 5.78. The first-order chi connectivity index (χ1) is 14.4. The molecule has 4 rings (SSSR count). The lowest BCUT2D eigenvalue weighted by molar-refractivity contribution is 0.312. The molecule has 0 spiro atoms. The zero-order valence-corrected chi connectivity index (χ0v) is 17.4. The van der Waals surface area contributed by atoms with Crippen molar-refractivity contribution < 1.29 is 12.8 Å². The quantitative estimate of drug-likeness (QED) is 0.661. The standard InChI is InChI=1S/C22H23FN4O2S/c1-16-13-19(26-22-6-2-3-11-24-22)14-21(25-16)17-5-4-12-27(15-17)30(28,29)20-9-7-18(23)8-10-20/h2-3,6-11,13-14,17H,4-5,12,15H2,1H3,(H,24,25,26)/t17-/m1/s1. The van der Waals surface area contributed by atoms with Crippen molar-refractivity contribution in [3.63, 3.8) is 0 Å². The maximum atomic E-state index is 13.2. The number of hydrogen-bond acceptors (Lipinski definition) is 5. The van der Waals surface area contributed by atoms with E-state index in [2.05, 4.69) is 15.3 Å². The molecular formula is C22H23FN4O2S. The molecule has 3 aromatic rings. The maximum Gasteiger partial charge on any atom is 0.243 e. The van der Waals surface area contributed by atoms with Gasteiger partial charge in [-0.3, -0.25) is 4.98 Å². The molecule has 0 aliphatic carbocycles. The van der Waals surface area contributed by atoms with E-state index in [-0.39, 0.29) is 10.8 Å². The Labute approximate surface area is 175 Å². The van der Waals surface area contributed by atoms with Gasteiger partial charge in [-0.1, -0.05) is 6.07 Å². The summed E-state index contributed by atoms with van der Waals surface area (Å²) < 4.78 is 40.7. The molecule has 1 atom stereocenters. The lowest BCUT2D eigenvalue weighted by Gasteiger charge is -2.32. The molecule has 0 radical (unpaired) electrons. The third kappa shape index (κ3) is 4.49. The first-order valence-electron chi connectivity index (χ1n) is 9.84. The van der Waals surface area contributed by atoms with Gasteiger partial charge >= 0.3 is 0 Å². The van der Waals surface area contributed by atoms with E-state index in [1.807, 2.05) is 37.3 Å². The van der Waals surface area contributed by atoms with Crippen molar-refractivity contribution in [3.05, 3.63) is 78.0 Å². The van der Waals surface area contributed by atoms with Crippen LogP contribution in [0.3, 0.4) is 0 Å². The topological polar surface area (TPSA) is 75.2 Å². The first kappa shape index (κ1) is 20.4. The summed E-state index contributed by atoms with van der Waals surface area (Å²) in [6.07, 6.45) is 3.31. The number of aryl methyl sites for hydroxylation is 1. The number of nitrogens with one attached hydrogen (secondary N) is 1. The van der Waals surface area contributed by atoms with Gasteiger partial charge in [-0.15, -0.1) is 0 Å². The predicted molar refractivity (Wildman–Crippen MR) is 114 cm³/mol. The number of piperidine rings is 1. The summed E-state index contributed by atoms with van der Waals surface area (Å²) in [7, 11) is -3.68. The Hall–Kier alpha value is -2.84. The van der Waals surface area contributed by atoms with E-state index < -0.39 is 15.8 Å². The molecule has 3 heterocycles. The van der Waals surface area contributed by atoms with E-state index in [1.165, 1.54) is 28.6 Å². The summed E-state index contributed by atoms with van der Waals surface area (Å²) >= 11 is 0. The van der Waals surface area contributed by atoms with Gasteiger partial charge in [0, 0.05) is 42.3 Å². The highest BCUT2D eigenvalue weighted by Gasteiger charge is 2.31. The van der Waals surface area contributed by atoms with Crippen LogP contribution in [-0.4, -0.2) is 35.8 Å². The molecule has 1 N–H and O–H groups in total. The van der Waals surface area contributed by atoms with Crippen LogP contribution in [0.1, 0.15) is 30.1 Å². The number of aromatic nitrogens is 2. The fourth-order valence-corrected chi connectivity index (χ4v) is 5.24. The number of anilines is 2.